The summed E-state index contributed by atoms with van der Waals surface area (Å²) in [6.45, 7) is 10.7. The summed E-state index contributed by atoms with van der Waals surface area (Å²) in [5.74, 6) is -0.177. The number of amides is 1. The van der Waals surface area contributed by atoms with E-state index in [4.69, 9.17) is 14.2 Å². The minimum absolute atomic E-state index is 0.0836. The van der Waals surface area contributed by atoms with Crippen molar-refractivity contribution in [2.45, 2.75) is 19.4 Å². The Hall–Kier alpha value is -3.62. The summed E-state index contributed by atoms with van der Waals surface area (Å²) in [6.07, 6.45) is 2.36. The molecule has 0 saturated carbocycles. The lowest BCUT2D eigenvalue weighted by molar-refractivity contribution is -0.140. The zero-order valence-corrected chi connectivity index (χ0v) is 21.2. The van der Waals surface area contributed by atoms with Gasteiger partial charge in [-0.05, 0) is 55.3 Å². The molecule has 2 aromatic rings. The van der Waals surface area contributed by atoms with E-state index in [1.54, 1.807) is 47.4 Å². The first-order valence-electron chi connectivity index (χ1n) is 12.7. The topological polar surface area (TPSA) is 88.5 Å². The molecule has 37 heavy (non-hydrogen) atoms. The minimum Gasteiger partial charge on any atom is -0.507 e. The molecule has 0 aliphatic carbocycles. The minimum atomic E-state index is -0.704. The summed E-state index contributed by atoms with van der Waals surface area (Å²) in [6, 6.07) is 13.4. The number of aliphatic hydroxyl groups excluding tert-OH is 1. The van der Waals surface area contributed by atoms with Crippen LogP contribution in [-0.4, -0.2) is 79.2 Å². The van der Waals surface area contributed by atoms with Crippen molar-refractivity contribution in [1.29, 1.82) is 0 Å². The van der Waals surface area contributed by atoms with Gasteiger partial charge in [0.2, 0.25) is 0 Å². The molecule has 0 radical (unpaired) electrons. The highest BCUT2D eigenvalue weighted by Crippen LogP contribution is 2.40. The maximum Gasteiger partial charge on any atom is 0.295 e. The molecule has 0 spiro atoms. The highest BCUT2D eigenvalue weighted by molar-refractivity contribution is 6.46. The molecule has 2 saturated heterocycles. The number of aliphatic hydroxyl groups is 1. The Labute approximate surface area is 217 Å². The summed E-state index contributed by atoms with van der Waals surface area (Å²) in [4.78, 5) is 30.3. The number of rotatable bonds is 11. The smallest absolute Gasteiger partial charge is 0.295 e. The van der Waals surface area contributed by atoms with E-state index in [-0.39, 0.29) is 11.3 Å². The number of hydrogen-bond acceptors (Lipinski definition) is 7. The normalized spacial score (nSPS) is 19.7. The lowest BCUT2D eigenvalue weighted by atomic mass is 9.95. The van der Waals surface area contributed by atoms with E-state index in [1.165, 1.54) is 0 Å². The molecule has 2 aromatic carbocycles. The summed E-state index contributed by atoms with van der Waals surface area (Å²) in [7, 11) is 0. The van der Waals surface area contributed by atoms with Gasteiger partial charge in [0, 0.05) is 31.7 Å². The molecule has 8 heteroatoms. The maximum atomic E-state index is 13.3. The lowest BCUT2D eigenvalue weighted by Crippen LogP contribution is -2.38. The molecule has 8 nitrogen and oxygen atoms in total. The lowest BCUT2D eigenvalue weighted by Gasteiger charge is -2.29. The predicted octanol–water partition coefficient (Wildman–Crippen LogP) is 3.79. The van der Waals surface area contributed by atoms with Gasteiger partial charge in [0.15, 0.2) is 0 Å². The van der Waals surface area contributed by atoms with Crippen LogP contribution in [-0.2, 0) is 14.3 Å². The molecule has 2 aliphatic heterocycles. The van der Waals surface area contributed by atoms with Gasteiger partial charge in [0.05, 0.1) is 31.4 Å². The van der Waals surface area contributed by atoms with Crippen LogP contribution in [0.4, 0.5) is 0 Å². The third-order valence-corrected chi connectivity index (χ3v) is 6.52. The summed E-state index contributed by atoms with van der Waals surface area (Å²) in [5, 5.41) is 11.3. The molecule has 2 fully saturated rings. The van der Waals surface area contributed by atoms with Crippen LogP contribution in [0.25, 0.3) is 5.76 Å². The molecular formula is C29H34N2O6. The second kappa shape index (κ2) is 12.6. The first-order valence-corrected chi connectivity index (χ1v) is 12.7. The van der Waals surface area contributed by atoms with Crippen molar-refractivity contribution >= 4 is 17.4 Å². The van der Waals surface area contributed by atoms with Gasteiger partial charge in [-0.15, -0.1) is 0 Å². The molecule has 2 heterocycles. The van der Waals surface area contributed by atoms with Gasteiger partial charge in [-0.2, -0.15) is 0 Å². The number of benzene rings is 2. The van der Waals surface area contributed by atoms with Gasteiger partial charge in [-0.3, -0.25) is 14.5 Å². The quantitative estimate of drug-likeness (QED) is 0.215. The average Bonchev–Trinajstić information content (AvgIpc) is 3.18. The Morgan fingerprint density at radius 2 is 1.68 bits per heavy atom. The molecule has 1 N–H and O–H groups in total. The van der Waals surface area contributed by atoms with Gasteiger partial charge in [-0.25, -0.2) is 0 Å². The van der Waals surface area contributed by atoms with Crippen molar-refractivity contribution < 1.29 is 28.9 Å². The van der Waals surface area contributed by atoms with E-state index in [9.17, 15) is 14.7 Å². The fourth-order valence-corrected chi connectivity index (χ4v) is 4.68. The van der Waals surface area contributed by atoms with E-state index in [0.29, 0.717) is 56.5 Å². The first kappa shape index (κ1) is 26.4. The molecule has 196 valence electrons. The van der Waals surface area contributed by atoms with Crippen molar-refractivity contribution in [3.05, 3.63) is 77.9 Å². The number of carbonyl (C=O) groups excluding carboxylic acids is 2. The SMILES string of the molecule is C=CCOc1ccc(C2C(=C(O)c3ccc(OCC)cc3)C(=O)C(=O)N2CCCN2CCOCC2)cc1. The van der Waals surface area contributed by atoms with Crippen molar-refractivity contribution in [3.8, 4) is 11.5 Å². The van der Waals surface area contributed by atoms with Gasteiger partial charge < -0.3 is 24.2 Å². The number of carbonyl (C=O) groups is 2. The summed E-state index contributed by atoms with van der Waals surface area (Å²) in [5.41, 5.74) is 1.26. The van der Waals surface area contributed by atoms with Crippen LogP contribution in [0.3, 0.4) is 0 Å². The molecule has 1 unspecified atom stereocenters. The molecule has 4 rings (SSSR count). The van der Waals surface area contributed by atoms with Gasteiger partial charge in [-0.1, -0.05) is 24.8 Å². The summed E-state index contributed by atoms with van der Waals surface area (Å²) < 4.78 is 16.5. The number of nitrogens with zero attached hydrogens (tertiary/aromatic N) is 2. The predicted molar refractivity (Wildman–Crippen MR) is 141 cm³/mol. The molecule has 0 aromatic heterocycles. The second-order valence-electron chi connectivity index (χ2n) is 8.93. The van der Waals surface area contributed by atoms with Crippen LogP contribution in [0.1, 0.15) is 30.5 Å². The molecule has 2 aliphatic rings. The highest BCUT2D eigenvalue weighted by Gasteiger charge is 2.45. The number of likely N-dealkylation sites (tertiary alicyclic amines) is 1. The van der Waals surface area contributed by atoms with E-state index in [0.717, 1.165) is 25.2 Å². The Bertz CT molecular complexity index is 1120. The molecule has 1 atom stereocenters. The maximum absolute atomic E-state index is 13.3. The van der Waals surface area contributed by atoms with E-state index in [2.05, 4.69) is 11.5 Å². The van der Waals surface area contributed by atoms with Crippen LogP contribution >= 0.6 is 0 Å². The van der Waals surface area contributed by atoms with Crippen LogP contribution in [0.15, 0.2) is 66.8 Å². The Morgan fingerprint density at radius 1 is 1.03 bits per heavy atom. The van der Waals surface area contributed by atoms with Crippen LogP contribution in [0.5, 0.6) is 11.5 Å². The number of morpholine rings is 1. The fraction of sp³-hybridized carbons (Fsp3) is 0.379. The Morgan fingerprint density at radius 3 is 2.32 bits per heavy atom. The van der Waals surface area contributed by atoms with E-state index >= 15 is 0 Å². The largest absolute Gasteiger partial charge is 0.507 e. The van der Waals surface area contributed by atoms with Crippen molar-refractivity contribution in [3.63, 3.8) is 0 Å². The monoisotopic (exact) mass is 506 g/mol. The number of ether oxygens (including phenoxy) is 3. The molecular weight excluding hydrogens is 472 g/mol. The Balaban J connectivity index is 1.64. The fourth-order valence-electron chi connectivity index (χ4n) is 4.68. The van der Waals surface area contributed by atoms with Crippen molar-refractivity contribution in [2.24, 2.45) is 0 Å². The zero-order chi connectivity index (χ0) is 26.2. The van der Waals surface area contributed by atoms with E-state index < -0.39 is 17.7 Å². The highest BCUT2D eigenvalue weighted by atomic mass is 16.5. The number of hydrogen-bond donors (Lipinski definition) is 1. The van der Waals surface area contributed by atoms with Gasteiger partial charge in [0.25, 0.3) is 11.7 Å². The molecule has 1 amide bonds. The van der Waals surface area contributed by atoms with Gasteiger partial charge in [0.1, 0.15) is 23.9 Å². The average molecular weight is 507 g/mol. The van der Waals surface area contributed by atoms with Crippen LogP contribution in [0.2, 0.25) is 0 Å². The molecule has 0 bridgehead atoms. The van der Waals surface area contributed by atoms with Gasteiger partial charge >= 0.3 is 0 Å². The third-order valence-electron chi connectivity index (χ3n) is 6.52. The second-order valence-corrected chi connectivity index (χ2v) is 8.93. The first-order chi connectivity index (χ1) is 18.0. The van der Waals surface area contributed by atoms with Crippen molar-refractivity contribution in [2.75, 3.05) is 52.6 Å². The van der Waals surface area contributed by atoms with Crippen LogP contribution < -0.4 is 9.47 Å². The number of Topliss-reactive ketones (excluding diaryl/α,β-unsaturated/α-hetero) is 1. The zero-order valence-electron chi connectivity index (χ0n) is 21.2. The third kappa shape index (κ3) is 6.21. The van der Waals surface area contributed by atoms with Crippen molar-refractivity contribution in [1.82, 2.24) is 9.80 Å². The standard InChI is InChI=1S/C29H34N2O6/c1-3-18-37-24-10-6-21(7-11-24)26-25(27(32)22-8-12-23(13-9-22)36-4-2)28(33)29(34)31(26)15-5-14-30-16-19-35-20-17-30/h3,6-13,26,32H,1,4-5,14-20H2,2H3. The Kier molecular flexibility index (Phi) is 8.98. The van der Waals surface area contributed by atoms with E-state index in [1.807, 2.05) is 19.1 Å². The van der Waals surface area contributed by atoms with Crippen LogP contribution in [0, 0.1) is 0 Å². The summed E-state index contributed by atoms with van der Waals surface area (Å²) >= 11 is 0. The number of ketones is 1.